The van der Waals surface area contributed by atoms with Crippen LogP contribution in [0, 0.1) is 5.92 Å². The van der Waals surface area contributed by atoms with E-state index in [-0.39, 0.29) is 18.2 Å². The van der Waals surface area contributed by atoms with Gasteiger partial charge in [-0.05, 0) is 25.3 Å². The van der Waals surface area contributed by atoms with Crippen LogP contribution in [-0.4, -0.2) is 65.8 Å². The largest absolute Gasteiger partial charge is 0.480 e. The van der Waals surface area contributed by atoms with Crippen molar-refractivity contribution in [2.45, 2.75) is 57.7 Å². The van der Waals surface area contributed by atoms with Gasteiger partial charge < -0.3 is 32.5 Å². The lowest BCUT2D eigenvalue weighted by molar-refractivity contribution is -0.143. The minimum Gasteiger partial charge on any atom is -0.480 e. The van der Waals surface area contributed by atoms with Gasteiger partial charge in [0.05, 0.1) is 12.6 Å². The molecule has 0 fully saturated rings. The average molecular weight is 420 g/mol. The summed E-state index contributed by atoms with van der Waals surface area (Å²) in [6, 6.07) is -2.84. The number of unbranched alkanes of at least 4 members (excludes halogenated alkanes) is 1. The van der Waals surface area contributed by atoms with Gasteiger partial charge in [-0.15, -0.1) is 0 Å². The van der Waals surface area contributed by atoms with Gasteiger partial charge in [-0.2, -0.15) is 12.6 Å². The van der Waals surface area contributed by atoms with Gasteiger partial charge >= 0.3 is 5.97 Å². The van der Waals surface area contributed by atoms with Gasteiger partial charge in [0.15, 0.2) is 0 Å². The number of thiol groups is 1. The second-order valence-corrected chi connectivity index (χ2v) is 6.99. The van der Waals surface area contributed by atoms with Crippen molar-refractivity contribution in [2.75, 3.05) is 18.8 Å². The molecule has 0 aliphatic heterocycles. The van der Waals surface area contributed by atoms with Gasteiger partial charge in [0.2, 0.25) is 17.7 Å². The first-order valence-corrected chi connectivity index (χ1v) is 9.97. The maximum Gasteiger partial charge on any atom is 0.326 e. The smallest absolute Gasteiger partial charge is 0.326 e. The number of nitrogens with two attached hydrogens (primary N) is 2. The lowest BCUT2D eigenvalue weighted by Crippen LogP contribution is -2.55. The van der Waals surface area contributed by atoms with E-state index >= 15 is 0 Å². The number of amides is 3. The number of carbonyl (C=O) groups is 4. The average Bonchev–Trinajstić information content (AvgIpc) is 2.67. The first-order valence-electron chi connectivity index (χ1n) is 9.34. The summed E-state index contributed by atoms with van der Waals surface area (Å²) in [5, 5.41) is 16.5. The van der Waals surface area contributed by atoms with Crippen molar-refractivity contribution >= 4 is 36.3 Å². The predicted octanol–water partition coefficient (Wildman–Crippen LogP) is -1.41. The minimum absolute atomic E-state index is 0.0308. The monoisotopic (exact) mass is 419 g/mol. The third kappa shape index (κ3) is 9.90. The molecule has 0 radical (unpaired) electrons. The Balaban J connectivity index is 4.56. The first kappa shape index (κ1) is 26.1. The van der Waals surface area contributed by atoms with E-state index in [1.165, 1.54) is 0 Å². The van der Waals surface area contributed by atoms with Crippen LogP contribution in [0.25, 0.3) is 0 Å². The summed E-state index contributed by atoms with van der Waals surface area (Å²) >= 11 is 4.03. The zero-order valence-corrected chi connectivity index (χ0v) is 17.3. The van der Waals surface area contributed by atoms with Crippen LogP contribution >= 0.6 is 12.6 Å². The summed E-state index contributed by atoms with van der Waals surface area (Å²) in [5.41, 5.74) is 11.1. The molecule has 4 unspecified atom stereocenters. The molecule has 0 aliphatic carbocycles. The van der Waals surface area contributed by atoms with Crippen LogP contribution in [0.1, 0.15) is 39.5 Å². The molecule has 8 N–H and O–H groups in total. The van der Waals surface area contributed by atoms with Crippen molar-refractivity contribution in [2.24, 2.45) is 17.4 Å². The van der Waals surface area contributed by atoms with E-state index in [1.807, 2.05) is 6.92 Å². The zero-order valence-electron chi connectivity index (χ0n) is 16.4. The number of carbonyl (C=O) groups excluding carboxylic acids is 3. The van der Waals surface area contributed by atoms with Crippen LogP contribution in [0.5, 0.6) is 0 Å². The molecule has 162 valence electrons. The fourth-order valence-corrected chi connectivity index (χ4v) is 2.57. The summed E-state index contributed by atoms with van der Waals surface area (Å²) in [6.45, 7) is 3.69. The highest BCUT2D eigenvalue weighted by atomic mass is 32.1. The van der Waals surface area contributed by atoms with Crippen molar-refractivity contribution in [1.82, 2.24) is 16.0 Å². The lowest BCUT2D eigenvalue weighted by atomic mass is 9.99. The topological polar surface area (TPSA) is 177 Å². The normalized spacial score (nSPS) is 15.0. The van der Waals surface area contributed by atoms with Gasteiger partial charge in [-0.25, -0.2) is 4.79 Å². The summed E-state index contributed by atoms with van der Waals surface area (Å²) in [5.74, 6) is -3.19. The highest BCUT2D eigenvalue weighted by Gasteiger charge is 2.29. The SMILES string of the molecule is CCC(C)C(NC(=O)C(CS)NC(=O)CNC(=O)C(N)CCCCN)C(=O)O. The third-order valence-corrected chi connectivity index (χ3v) is 4.71. The fraction of sp³-hybridized carbons (Fsp3) is 0.765. The fourth-order valence-electron chi connectivity index (χ4n) is 2.31. The first-order chi connectivity index (χ1) is 13.2. The van der Waals surface area contributed by atoms with Crippen LogP contribution in [0.4, 0.5) is 0 Å². The van der Waals surface area contributed by atoms with E-state index in [4.69, 9.17) is 11.5 Å². The molecule has 0 aromatic carbocycles. The van der Waals surface area contributed by atoms with Crippen molar-refractivity contribution < 1.29 is 24.3 Å². The lowest BCUT2D eigenvalue weighted by Gasteiger charge is -2.23. The van der Waals surface area contributed by atoms with Gasteiger partial charge in [-0.3, -0.25) is 14.4 Å². The molecule has 3 amide bonds. The summed E-state index contributed by atoms with van der Waals surface area (Å²) in [6.07, 6.45) is 2.49. The van der Waals surface area contributed by atoms with Crippen molar-refractivity contribution in [3.05, 3.63) is 0 Å². The summed E-state index contributed by atoms with van der Waals surface area (Å²) in [4.78, 5) is 47.5. The Hall–Kier alpha value is -1.85. The van der Waals surface area contributed by atoms with Gasteiger partial charge in [0.1, 0.15) is 12.1 Å². The molecule has 0 aromatic heterocycles. The van der Waals surface area contributed by atoms with Crippen molar-refractivity contribution in [3.8, 4) is 0 Å². The third-order valence-electron chi connectivity index (χ3n) is 4.34. The van der Waals surface area contributed by atoms with Crippen LogP contribution in [0.15, 0.2) is 0 Å². The number of carboxylic acids is 1. The minimum atomic E-state index is -1.15. The van der Waals surface area contributed by atoms with Gasteiger partial charge in [0.25, 0.3) is 0 Å². The molecule has 0 aromatic rings. The zero-order chi connectivity index (χ0) is 21.7. The highest BCUT2D eigenvalue weighted by molar-refractivity contribution is 7.80. The maximum atomic E-state index is 12.3. The Labute approximate surface area is 171 Å². The maximum absolute atomic E-state index is 12.3. The number of hydrogen-bond acceptors (Lipinski definition) is 7. The van der Waals surface area contributed by atoms with E-state index in [1.54, 1.807) is 6.92 Å². The van der Waals surface area contributed by atoms with Crippen LogP contribution in [-0.2, 0) is 19.2 Å². The predicted molar refractivity (Wildman–Crippen MR) is 109 cm³/mol. The number of carboxylic acid groups (broad SMARTS) is 1. The van der Waals surface area contributed by atoms with Crippen LogP contribution in [0.3, 0.4) is 0 Å². The second-order valence-electron chi connectivity index (χ2n) is 6.62. The molecule has 0 spiro atoms. The Bertz CT molecular complexity index is 534. The molecule has 0 heterocycles. The van der Waals surface area contributed by atoms with Crippen molar-refractivity contribution in [3.63, 3.8) is 0 Å². The molecule has 28 heavy (non-hydrogen) atoms. The van der Waals surface area contributed by atoms with Gasteiger partial charge in [0, 0.05) is 5.75 Å². The number of nitrogens with one attached hydrogen (secondary N) is 3. The van der Waals surface area contributed by atoms with E-state index in [2.05, 4.69) is 28.6 Å². The van der Waals surface area contributed by atoms with Crippen LogP contribution in [0.2, 0.25) is 0 Å². The Morgan fingerprint density at radius 1 is 1.11 bits per heavy atom. The number of rotatable bonds is 14. The van der Waals surface area contributed by atoms with Crippen LogP contribution < -0.4 is 27.4 Å². The van der Waals surface area contributed by atoms with E-state index in [9.17, 15) is 24.3 Å². The van der Waals surface area contributed by atoms with Gasteiger partial charge in [-0.1, -0.05) is 26.7 Å². The molecular weight excluding hydrogens is 386 g/mol. The molecule has 0 saturated heterocycles. The Morgan fingerprint density at radius 3 is 2.25 bits per heavy atom. The highest BCUT2D eigenvalue weighted by Crippen LogP contribution is 2.08. The molecule has 0 aliphatic rings. The molecule has 0 saturated carbocycles. The summed E-state index contributed by atoms with van der Waals surface area (Å²) in [7, 11) is 0. The van der Waals surface area contributed by atoms with E-state index in [0.717, 1.165) is 6.42 Å². The molecule has 11 heteroatoms. The Kier molecular flexibility index (Phi) is 13.3. The number of aliphatic carboxylic acids is 1. The number of hydrogen-bond donors (Lipinski definition) is 7. The summed E-state index contributed by atoms with van der Waals surface area (Å²) < 4.78 is 0. The van der Waals surface area contributed by atoms with E-state index < -0.39 is 41.8 Å². The molecular formula is C17H33N5O5S. The molecule has 0 bridgehead atoms. The molecule has 10 nitrogen and oxygen atoms in total. The van der Waals surface area contributed by atoms with E-state index in [0.29, 0.717) is 25.8 Å². The standard InChI is InChI=1S/C17H33N5O5S/c1-3-10(2)14(17(26)27)22-16(25)12(9-28)21-13(23)8-20-15(24)11(19)6-4-5-7-18/h10-12,14,28H,3-9,18-19H2,1-2H3,(H,20,24)(H,21,23)(H,22,25)(H,26,27). The quantitative estimate of drug-likeness (QED) is 0.134. The van der Waals surface area contributed by atoms with Crippen molar-refractivity contribution in [1.29, 1.82) is 0 Å². The molecule has 4 atom stereocenters. The molecule has 0 rings (SSSR count). The Morgan fingerprint density at radius 2 is 1.75 bits per heavy atom. The second kappa shape index (κ2) is 14.2.